The van der Waals surface area contributed by atoms with Gasteiger partial charge < -0.3 is 15.0 Å². The van der Waals surface area contributed by atoms with Crippen molar-refractivity contribution < 1.29 is 22.7 Å². The van der Waals surface area contributed by atoms with Crippen LogP contribution in [-0.4, -0.2) is 58.1 Å². The lowest BCUT2D eigenvalue weighted by atomic mass is 10.1. The van der Waals surface area contributed by atoms with Crippen LogP contribution in [0.2, 0.25) is 10.0 Å². The molecular weight excluding hydrogens is 489 g/mol. The first-order valence-corrected chi connectivity index (χ1v) is 12.7. The summed E-state index contributed by atoms with van der Waals surface area (Å²) in [5.41, 5.74) is 0.872. The predicted octanol–water partition coefficient (Wildman–Crippen LogP) is 3.32. The summed E-state index contributed by atoms with van der Waals surface area (Å²) in [5, 5.41) is 2.98. The lowest BCUT2D eigenvalue weighted by molar-refractivity contribution is -0.140. The maximum atomic E-state index is 13.4. The molecule has 0 saturated heterocycles. The van der Waals surface area contributed by atoms with E-state index >= 15 is 0 Å². The van der Waals surface area contributed by atoms with Crippen molar-refractivity contribution in [3.05, 3.63) is 58.1 Å². The van der Waals surface area contributed by atoms with Gasteiger partial charge in [-0.15, -0.1) is 0 Å². The van der Waals surface area contributed by atoms with E-state index in [1.807, 2.05) is 0 Å². The highest BCUT2D eigenvalue weighted by molar-refractivity contribution is 7.92. The molecule has 2 rings (SSSR count). The molecule has 2 aromatic carbocycles. The van der Waals surface area contributed by atoms with E-state index in [0.29, 0.717) is 17.2 Å². The summed E-state index contributed by atoms with van der Waals surface area (Å²) in [5.74, 6) is -0.261. The molecule has 2 aromatic rings. The molecule has 2 amide bonds. The molecule has 0 unspecified atom stereocenters. The molecular formula is C22H27Cl2N3O5S. The number of likely N-dealkylation sites (N-methyl/N-ethyl adjacent to an activating group) is 1. The van der Waals surface area contributed by atoms with Crippen LogP contribution >= 0.6 is 23.2 Å². The molecule has 0 aliphatic heterocycles. The third-order valence-electron chi connectivity index (χ3n) is 5.00. The van der Waals surface area contributed by atoms with Crippen LogP contribution in [0.5, 0.6) is 5.75 Å². The number of sulfonamides is 1. The van der Waals surface area contributed by atoms with Gasteiger partial charge in [-0.05, 0) is 42.3 Å². The van der Waals surface area contributed by atoms with Crippen molar-refractivity contribution in [2.75, 3.05) is 31.3 Å². The van der Waals surface area contributed by atoms with E-state index in [2.05, 4.69) is 5.32 Å². The quantitative estimate of drug-likeness (QED) is 0.523. The number of benzene rings is 2. The zero-order valence-electron chi connectivity index (χ0n) is 18.8. The highest BCUT2D eigenvalue weighted by Gasteiger charge is 2.31. The third kappa shape index (κ3) is 6.99. The van der Waals surface area contributed by atoms with Gasteiger partial charge in [0.15, 0.2) is 0 Å². The Morgan fingerprint density at radius 3 is 2.24 bits per heavy atom. The van der Waals surface area contributed by atoms with Crippen molar-refractivity contribution in [2.45, 2.75) is 25.9 Å². The molecule has 0 bridgehead atoms. The number of nitrogens with zero attached hydrogens (tertiary/aromatic N) is 2. The van der Waals surface area contributed by atoms with Gasteiger partial charge in [0.05, 0.1) is 24.1 Å². The number of hydrogen-bond donors (Lipinski definition) is 1. The summed E-state index contributed by atoms with van der Waals surface area (Å²) in [6, 6.07) is 10.6. The number of carbonyl (C=O) groups excluding carboxylic acids is 2. The van der Waals surface area contributed by atoms with Crippen molar-refractivity contribution in [2.24, 2.45) is 0 Å². The van der Waals surface area contributed by atoms with E-state index in [0.717, 1.165) is 16.1 Å². The second-order valence-electron chi connectivity index (χ2n) is 7.27. The number of halogens is 2. The van der Waals surface area contributed by atoms with Crippen molar-refractivity contribution >= 4 is 50.7 Å². The summed E-state index contributed by atoms with van der Waals surface area (Å²) in [7, 11) is -0.850. The Bertz CT molecular complexity index is 1090. The first-order chi connectivity index (χ1) is 15.5. The highest BCUT2D eigenvalue weighted by atomic mass is 35.5. The Morgan fingerprint density at radius 2 is 1.76 bits per heavy atom. The molecule has 8 nitrogen and oxygen atoms in total. The topological polar surface area (TPSA) is 96.0 Å². The van der Waals surface area contributed by atoms with Gasteiger partial charge in [0, 0.05) is 18.6 Å². The van der Waals surface area contributed by atoms with Crippen molar-refractivity contribution in [1.29, 1.82) is 0 Å². The van der Waals surface area contributed by atoms with Crippen molar-refractivity contribution in [3.63, 3.8) is 0 Å². The van der Waals surface area contributed by atoms with Crippen LogP contribution in [0.1, 0.15) is 18.9 Å². The number of rotatable bonds is 10. The molecule has 0 fully saturated rings. The molecule has 0 aliphatic carbocycles. The standard InChI is InChI=1S/C22H27Cl2N3O5S/c1-5-19(22(29)25-2)26(13-15-6-9-17(32-3)10-7-15)21(28)14-27(33(4,30)31)20-11-8-16(23)12-18(20)24/h6-12,19H,5,13-14H2,1-4H3,(H,25,29)/t19-/m0/s1. The van der Waals surface area contributed by atoms with Gasteiger partial charge in [0.1, 0.15) is 18.3 Å². The van der Waals surface area contributed by atoms with Crippen molar-refractivity contribution in [1.82, 2.24) is 10.2 Å². The molecule has 1 N–H and O–H groups in total. The third-order valence-corrected chi connectivity index (χ3v) is 6.67. The van der Waals surface area contributed by atoms with E-state index < -0.39 is 28.5 Å². The van der Waals surface area contributed by atoms with Crippen LogP contribution < -0.4 is 14.4 Å². The predicted molar refractivity (Wildman–Crippen MR) is 130 cm³/mol. The van der Waals surface area contributed by atoms with Gasteiger partial charge in [0.25, 0.3) is 0 Å². The zero-order valence-corrected chi connectivity index (χ0v) is 21.2. The van der Waals surface area contributed by atoms with Gasteiger partial charge in [-0.1, -0.05) is 42.3 Å². The number of methoxy groups -OCH3 is 1. The summed E-state index contributed by atoms with van der Waals surface area (Å²) in [6.45, 7) is 1.34. The summed E-state index contributed by atoms with van der Waals surface area (Å²) < 4.78 is 31.2. The smallest absolute Gasteiger partial charge is 0.244 e. The second-order valence-corrected chi connectivity index (χ2v) is 10.0. The fraction of sp³-hybridized carbons (Fsp3) is 0.364. The second kappa shape index (κ2) is 11.6. The van der Waals surface area contributed by atoms with Crippen molar-refractivity contribution in [3.8, 4) is 5.75 Å². The average Bonchev–Trinajstić information content (AvgIpc) is 2.77. The number of carbonyl (C=O) groups is 2. The maximum absolute atomic E-state index is 13.4. The van der Waals surface area contributed by atoms with E-state index in [-0.39, 0.29) is 23.2 Å². The molecule has 0 spiro atoms. The van der Waals surface area contributed by atoms with Crippen LogP contribution in [0.3, 0.4) is 0 Å². The molecule has 0 aromatic heterocycles. The molecule has 11 heteroatoms. The van der Waals surface area contributed by atoms with E-state index in [1.54, 1.807) is 38.3 Å². The van der Waals surface area contributed by atoms with Gasteiger partial charge >= 0.3 is 0 Å². The molecule has 0 saturated carbocycles. The number of ether oxygens (including phenoxy) is 1. The molecule has 0 radical (unpaired) electrons. The lowest BCUT2D eigenvalue weighted by Gasteiger charge is -2.32. The number of anilines is 1. The fourth-order valence-electron chi connectivity index (χ4n) is 3.29. The molecule has 0 aliphatic rings. The summed E-state index contributed by atoms with van der Waals surface area (Å²) in [4.78, 5) is 27.3. The number of nitrogens with one attached hydrogen (secondary N) is 1. The van der Waals surface area contributed by atoms with Gasteiger partial charge in [0.2, 0.25) is 21.8 Å². The Labute approximate surface area is 204 Å². The summed E-state index contributed by atoms with van der Waals surface area (Å²) >= 11 is 12.2. The first-order valence-electron chi connectivity index (χ1n) is 10.1. The molecule has 0 heterocycles. The first kappa shape index (κ1) is 26.8. The number of amides is 2. The minimum absolute atomic E-state index is 0.0840. The van der Waals surface area contributed by atoms with E-state index in [4.69, 9.17) is 27.9 Å². The van der Waals surface area contributed by atoms with E-state index in [9.17, 15) is 18.0 Å². The molecule has 33 heavy (non-hydrogen) atoms. The Kier molecular flexibility index (Phi) is 9.39. The van der Waals surface area contributed by atoms with Gasteiger partial charge in [-0.3, -0.25) is 13.9 Å². The minimum Gasteiger partial charge on any atom is -0.497 e. The Morgan fingerprint density at radius 1 is 1.12 bits per heavy atom. The van der Waals surface area contributed by atoms with Crippen LogP contribution in [0.25, 0.3) is 0 Å². The Hall–Kier alpha value is -2.49. The Balaban J connectivity index is 2.44. The highest BCUT2D eigenvalue weighted by Crippen LogP contribution is 2.30. The van der Waals surface area contributed by atoms with Crippen LogP contribution in [0.15, 0.2) is 42.5 Å². The zero-order chi connectivity index (χ0) is 24.8. The van der Waals surface area contributed by atoms with Gasteiger partial charge in [-0.25, -0.2) is 8.42 Å². The molecule has 1 atom stereocenters. The number of hydrogen-bond acceptors (Lipinski definition) is 5. The maximum Gasteiger partial charge on any atom is 0.244 e. The average molecular weight is 516 g/mol. The van der Waals surface area contributed by atoms with E-state index in [1.165, 1.54) is 30.1 Å². The summed E-state index contributed by atoms with van der Waals surface area (Å²) in [6.07, 6.45) is 1.32. The van der Waals surface area contributed by atoms with Crippen LogP contribution in [-0.2, 0) is 26.2 Å². The molecule has 180 valence electrons. The monoisotopic (exact) mass is 515 g/mol. The fourth-order valence-corrected chi connectivity index (χ4v) is 4.71. The van der Waals surface area contributed by atoms with Gasteiger partial charge in [-0.2, -0.15) is 0 Å². The normalized spacial score (nSPS) is 12.1. The minimum atomic E-state index is -3.88. The van der Waals surface area contributed by atoms with Crippen LogP contribution in [0.4, 0.5) is 5.69 Å². The SMILES string of the molecule is CC[C@@H](C(=O)NC)N(Cc1ccc(OC)cc1)C(=O)CN(c1ccc(Cl)cc1Cl)S(C)(=O)=O. The van der Waals surface area contributed by atoms with Crippen LogP contribution in [0, 0.1) is 0 Å². The largest absolute Gasteiger partial charge is 0.497 e. The lowest BCUT2D eigenvalue weighted by Crippen LogP contribution is -2.51.